The molecule has 2 heterocycles. The van der Waals surface area contributed by atoms with E-state index in [9.17, 15) is 18.4 Å². The van der Waals surface area contributed by atoms with Crippen LogP contribution in [0.1, 0.15) is 49.7 Å². The second-order valence-corrected chi connectivity index (χ2v) is 11.3. The van der Waals surface area contributed by atoms with Crippen LogP contribution in [-0.4, -0.2) is 46.9 Å². The minimum Gasteiger partial charge on any atom is -0.405 e. The molecule has 10 heteroatoms. The molecule has 1 aromatic heterocycles. The molecule has 7 rings (SSSR count). The third-order valence-corrected chi connectivity index (χ3v) is 8.84. The summed E-state index contributed by atoms with van der Waals surface area (Å²) >= 11 is 0. The number of halogens is 3. The number of hydrogen-bond acceptors (Lipinski definition) is 7. The summed E-state index contributed by atoms with van der Waals surface area (Å²) in [6.45, 7) is 3.33. The first kappa shape index (κ1) is 24.3. The number of hydrogen-bond donors (Lipinski definition) is 2. The fourth-order valence-electron chi connectivity index (χ4n) is 7.62. The fourth-order valence-corrected chi connectivity index (χ4v) is 7.62. The molecule has 2 aromatic rings. The molecule has 4 aliphatic carbocycles. The maximum absolute atomic E-state index is 12.7. The van der Waals surface area contributed by atoms with E-state index in [1.807, 2.05) is 0 Å². The van der Waals surface area contributed by atoms with Crippen LogP contribution in [0.3, 0.4) is 0 Å². The molecule has 1 aliphatic heterocycles. The van der Waals surface area contributed by atoms with Gasteiger partial charge >= 0.3 is 6.36 Å². The van der Waals surface area contributed by atoms with Gasteiger partial charge in [0.1, 0.15) is 23.2 Å². The highest BCUT2D eigenvalue weighted by Crippen LogP contribution is 2.61. The normalized spacial score (nSPS) is 30.4. The van der Waals surface area contributed by atoms with Gasteiger partial charge in [-0.05, 0) is 80.8 Å². The van der Waals surface area contributed by atoms with Gasteiger partial charge in [0.15, 0.2) is 0 Å². The smallest absolute Gasteiger partial charge is 0.405 e. The lowest BCUT2D eigenvalue weighted by Crippen LogP contribution is -2.62. The number of nitrogens with one attached hydrogen (secondary N) is 2. The fraction of sp³-hybridized carbons (Fsp3) is 0.593. The van der Waals surface area contributed by atoms with Crippen LogP contribution >= 0.6 is 0 Å². The van der Waals surface area contributed by atoms with Crippen molar-refractivity contribution >= 4 is 11.8 Å². The Morgan fingerprint density at radius 1 is 1.11 bits per heavy atom. The van der Waals surface area contributed by atoms with E-state index in [1.54, 1.807) is 12.1 Å². The monoisotopic (exact) mass is 512 g/mol. The van der Waals surface area contributed by atoms with Crippen LogP contribution < -0.4 is 15.4 Å². The molecule has 196 valence electrons. The van der Waals surface area contributed by atoms with E-state index in [0.717, 1.165) is 30.3 Å². The van der Waals surface area contributed by atoms with Gasteiger partial charge in [0, 0.05) is 24.7 Å². The number of nitrogens with zero attached hydrogens (tertiary/aromatic N) is 4. The van der Waals surface area contributed by atoms with E-state index in [-0.39, 0.29) is 23.7 Å². The SMILES string of the molecule is N#Cc1cnc(NCc2ccccc2OC(F)(F)F)nc1NCC12CC3C[C@@H](C1)C(N1CCC1)[C@@H](C3)C2. The van der Waals surface area contributed by atoms with Gasteiger partial charge in [-0.3, -0.25) is 4.90 Å². The third kappa shape index (κ3) is 4.93. The van der Waals surface area contributed by atoms with Crippen molar-refractivity contribution in [3.8, 4) is 11.8 Å². The molecule has 4 bridgehead atoms. The Morgan fingerprint density at radius 3 is 2.54 bits per heavy atom. The topological polar surface area (TPSA) is 86.1 Å². The molecular weight excluding hydrogens is 481 g/mol. The minimum atomic E-state index is -4.77. The lowest BCUT2D eigenvalue weighted by Gasteiger charge is -2.63. The highest BCUT2D eigenvalue weighted by atomic mass is 19.4. The zero-order chi connectivity index (χ0) is 25.6. The van der Waals surface area contributed by atoms with E-state index in [4.69, 9.17) is 0 Å². The summed E-state index contributed by atoms with van der Waals surface area (Å²) in [5.74, 6) is 2.78. The van der Waals surface area contributed by atoms with E-state index in [0.29, 0.717) is 16.9 Å². The Bertz CT molecular complexity index is 1180. The van der Waals surface area contributed by atoms with Gasteiger partial charge in [-0.25, -0.2) is 4.98 Å². The molecule has 7 nitrogen and oxygen atoms in total. The molecule has 1 aromatic carbocycles. The summed E-state index contributed by atoms with van der Waals surface area (Å²) in [6.07, 6.45) is 4.39. The van der Waals surface area contributed by atoms with Crippen molar-refractivity contribution in [2.75, 3.05) is 30.3 Å². The first-order valence-corrected chi connectivity index (χ1v) is 13.1. The van der Waals surface area contributed by atoms with Crippen molar-refractivity contribution in [3.63, 3.8) is 0 Å². The standard InChI is InChI=1S/C27H31F3N6O/c28-27(29,30)37-22-5-2-1-4-18(22)14-32-25-33-15-21(13-31)24(35-25)34-16-26-10-17-8-19(11-26)23(20(9-17)12-26)36-6-3-7-36/h1-2,4-5,15,17,19-20,23H,3,6-12,14,16H2,(H2,32,33,34,35)/t17?,19-,20-,23?,26?/m0/s1. The van der Waals surface area contributed by atoms with Gasteiger partial charge in [0.05, 0.1) is 6.20 Å². The van der Waals surface area contributed by atoms with Gasteiger partial charge in [0.25, 0.3) is 0 Å². The van der Waals surface area contributed by atoms with Crippen molar-refractivity contribution in [2.45, 2.75) is 57.5 Å². The van der Waals surface area contributed by atoms with E-state index < -0.39 is 6.36 Å². The van der Waals surface area contributed by atoms with Crippen molar-refractivity contribution in [2.24, 2.45) is 23.2 Å². The van der Waals surface area contributed by atoms with Crippen LogP contribution in [0.25, 0.3) is 0 Å². The summed E-state index contributed by atoms with van der Waals surface area (Å²) in [7, 11) is 0. The molecule has 1 saturated heterocycles. The first-order valence-electron chi connectivity index (χ1n) is 13.1. The van der Waals surface area contributed by atoms with Crippen LogP contribution in [0.4, 0.5) is 24.9 Å². The van der Waals surface area contributed by atoms with Crippen LogP contribution in [0.5, 0.6) is 5.75 Å². The summed E-state index contributed by atoms with van der Waals surface area (Å²) in [6, 6.07) is 8.87. The zero-order valence-corrected chi connectivity index (χ0v) is 20.6. The average molecular weight is 513 g/mol. The number of benzene rings is 1. The molecule has 0 unspecified atom stereocenters. The number of likely N-dealkylation sites (tertiary alicyclic amines) is 1. The summed E-state index contributed by atoms with van der Waals surface area (Å²) in [4.78, 5) is 11.4. The van der Waals surface area contributed by atoms with Crippen LogP contribution in [0, 0.1) is 34.5 Å². The Balaban J connectivity index is 1.13. The first-order chi connectivity index (χ1) is 17.8. The molecule has 2 atom stereocenters. The Hall–Kier alpha value is -3.06. The number of anilines is 2. The highest BCUT2D eigenvalue weighted by molar-refractivity contribution is 5.53. The van der Waals surface area contributed by atoms with Crippen molar-refractivity contribution in [1.82, 2.24) is 14.9 Å². The molecule has 0 spiro atoms. The number of alkyl halides is 3. The molecule has 0 amide bonds. The number of nitriles is 1. The van der Waals surface area contributed by atoms with Crippen molar-refractivity contribution < 1.29 is 17.9 Å². The second kappa shape index (κ2) is 9.35. The van der Waals surface area contributed by atoms with Gasteiger partial charge in [-0.15, -0.1) is 13.2 Å². The average Bonchev–Trinajstić information content (AvgIpc) is 2.82. The second-order valence-electron chi connectivity index (χ2n) is 11.3. The molecule has 5 fully saturated rings. The third-order valence-electron chi connectivity index (χ3n) is 8.84. The number of aromatic nitrogens is 2. The molecule has 2 N–H and O–H groups in total. The largest absolute Gasteiger partial charge is 0.573 e. The van der Waals surface area contributed by atoms with Crippen molar-refractivity contribution in [3.05, 3.63) is 41.6 Å². The Morgan fingerprint density at radius 2 is 1.86 bits per heavy atom. The molecular formula is C27H31F3N6O. The quantitative estimate of drug-likeness (QED) is 0.505. The molecule has 5 aliphatic rings. The number of para-hydroxylation sites is 1. The van der Waals surface area contributed by atoms with Crippen LogP contribution in [0.2, 0.25) is 0 Å². The van der Waals surface area contributed by atoms with E-state index in [1.165, 1.54) is 69.9 Å². The minimum absolute atomic E-state index is 0.0461. The maximum Gasteiger partial charge on any atom is 0.573 e. The lowest BCUT2D eigenvalue weighted by molar-refractivity contribution is -0.274. The Labute approximate surface area is 214 Å². The zero-order valence-electron chi connectivity index (χ0n) is 20.6. The summed E-state index contributed by atoms with van der Waals surface area (Å²) in [5.41, 5.74) is 0.916. The van der Waals surface area contributed by atoms with Gasteiger partial charge < -0.3 is 15.4 Å². The molecule has 0 radical (unpaired) electrons. The van der Waals surface area contributed by atoms with E-state index in [2.05, 4.69) is 36.3 Å². The highest BCUT2D eigenvalue weighted by Gasteiger charge is 2.56. The van der Waals surface area contributed by atoms with Crippen molar-refractivity contribution in [1.29, 1.82) is 5.26 Å². The predicted octanol–water partition coefficient (Wildman–Crippen LogP) is 5.17. The number of rotatable bonds is 8. The lowest BCUT2D eigenvalue weighted by atomic mass is 9.47. The predicted molar refractivity (Wildman–Crippen MR) is 132 cm³/mol. The van der Waals surface area contributed by atoms with Crippen LogP contribution in [0.15, 0.2) is 30.5 Å². The molecule has 4 saturated carbocycles. The summed E-state index contributed by atoms with van der Waals surface area (Å²) < 4.78 is 42.4. The van der Waals surface area contributed by atoms with Gasteiger partial charge in [0.2, 0.25) is 5.95 Å². The van der Waals surface area contributed by atoms with Gasteiger partial charge in [-0.1, -0.05) is 18.2 Å². The van der Waals surface area contributed by atoms with E-state index >= 15 is 0 Å². The Kier molecular flexibility index (Phi) is 6.14. The number of ether oxygens (including phenoxy) is 1. The van der Waals surface area contributed by atoms with Crippen LogP contribution in [-0.2, 0) is 6.54 Å². The molecule has 37 heavy (non-hydrogen) atoms. The maximum atomic E-state index is 12.7. The summed E-state index contributed by atoms with van der Waals surface area (Å²) in [5, 5.41) is 16.1. The van der Waals surface area contributed by atoms with Gasteiger partial charge in [-0.2, -0.15) is 10.2 Å².